The number of carbonyl (C=O) groups is 4. The number of aliphatic hydroxyl groups excluding tert-OH is 2. The minimum absolute atomic E-state index is 0.0297. The van der Waals surface area contributed by atoms with E-state index in [1.165, 1.54) is 19.3 Å². The molecule has 0 radical (unpaired) electrons. The normalized spacial score (nSPS) is 22.0. The van der Waals surface area contributed by atoms with E-state index in [0.717, 1.165) is 11.1 Å². The van der Waals surface area contributed by atoms with Crippen molar-refractivity contribution in [3.8, 4) is 5.75 Å². The third-order valence-electron chi connectivity index (χ3n) is 8.49. The molecule has 0 spiro atoms. The molecule has 5 unspecified atom stereocenters. The highest BCUT2D eigenvalue weighted by molar-refractivity contribution is 6.32. The van der Waals surface area contributed by atoms with E-state index in [-0.39, 0.29) is 44.8 Å². The second kappa shape index (κ2) is 18.2. The summed E-state index contributed by atoms with van der Waals surface area (Å²) in [5.74, 6) is -2.73. The van der Waals surface area contributed by atoms with E-state index in [9.17, 15) is 29.4 Å². The molecule has 5 atom stereocenters. The number of carbonyl (C=O) groups excluding carboxylic acids is 4. The topological polar surface area (TPSA) is 160 Å². The van der Waals surface area contributed by atoms with Gasteiger partial charge in [0.15, 0.2) is 6.10 Å². The van der Waals surface area contributed by atoms with Crippen LogP contribution in [0.2, 0.25) is 5.02 Å². The van der Waals surface area contributed by atoms with Gasteiger partial charge in [0.05, 0.1) is 30.3 Å². The molecular formula is C37H49ClN2O9. The second-order valence-electron chi connectivity index (χ2n) is 13.6. The molecule has 0 bridgehead atoms. The maximum Gasteiger partial charge on any atom is 0.347 e. The zero-order valence-corrected chi connectivity index (χ0v) is 29.8. The number of hydrogen-bond donors (Lipinski definition) is 4. The van der Waals surface area contributed by atoms with Gasteiger partial charge in [-0.2, -0.15) is 0 Å². The number of methoxy groups -OCH3 is 1. The van der Waals surface area contributed by atoms with Crippen LogP contribution >= 0.6 is 11.6 Å². The summed E-state index contributed by atoms with van der Waals surface area (Å²) < 4.78 is 16.9. The van der Waals surface area contributed by atoms with Crippen LogP contribution in [0, 0.1) is 17.3 Å². The maximum absolute atomic E-state index is 13.6. The number of amides is 2. The number of hydrogen-bond acceptors (Lipinski definition) is 9. The Morgan fingerprint density at radius 2 is 1.65 bits per heavy atom. The summed E-state index contributed by atoms with van der Waals surface area (Å²) in [4.78, 5) is 53.6. The first-order valence-electron chi connectivity index (χ1n) is 16.5. The fraction of sp³-hybridized carbons (Fsp3) is 0.514. The van der Waals surface area contributed by atoms with Gasteiger partial charge in [0.1, 0.15) is 17.9 Å². The summed E-state index contributed by atoms with van der Waals surface area (Å²) in [6, 6.07) is 11.2. The van der Waals surface area contributed by atoms with Crippen LogP contribution in [0.4, 0.5) is 0 Å². The minimum Gasteiger partial charge on any atom is -0.495 e. The molecule has 0 fully saturated rings. The number of halogens is 1. The zero-order chi connectivity index (χ0) is 36.3. The fourth-order valence-electron chi connectivity index (χ4n) is 5.27. The van der Waals surface area contributed by atoms with Crippen molar-refractivity contribution < 1.29 is 43.6 Å². The summed E-state index contributed by atoms with van der Waals surface area (Å²) in [6.07, 6.45) is 0.305. The van der Waals surface area contributed by atoms with E-state index in [4.69, 9.17) is 25.8 Å². The van der Waals surface area contributed by atoms with E-state index in [1.807, 2.05) is 26.0 Å². The van der Waals surface area contributed by atoms with Gasteiger partial charge in [-0.1, -0.05) is 68.8 Å². The Morgan fingerprint density at radius 3 is 2.27 bits per heavy atom. The van der Waals surface area contributed by atoms with Crippen molar-refractivity contribution in [3.05, 3.63) is 76.3 Å². The number of benzene rings is 2. The smallest absolute Gasteiger partial charge is 0.347 e. The lowest BCUT2D eigenvalue weighted by molar-refractivity contribution is -0.180. The number of rotatable bonds is 10. The average Bonchev–Trinajstić information content (AvgIpc) is 3.05. The van der Waals surface area contributed by atoms with Gasteiger partial charge < -0.3 is 35.1 Å². The van der Waals surface area contributed by atoms with E-state index in [1.54, 1.807) is 51.1 Å². The largest absolute Gasteiger partial charge is 0.495 e. The van der Waals surface area contributed by atoms with Gasteiger partial charge in [0.2, 0.25) is 11.8 Å². The Hall–Kier alpha value is -3.93. The average molecular weight is 701 g/mol. The maximum atomic E-state index is 13.6. The van der Waals surface area contributed by atoms with Gasteiger partial charge in [-0.25, -0.2) is 4.79 Å². The molecule has 1 aliphatic rings. The first kappa shape index (κ1) is 39.5. The Bertz CT molecular complexity index is 1470. The third kappa shape index (κ3) is 11.9. The van der Waals surface area contributed by atoms with Crippen LogP contribution in [-0.2, 0) is 48.1 Å². The highest BCUT2D eigenvalue weighted by Crippen LogP contribution is 2.27. The molecule has 0 aliphatic carbocycles. The van der Waals surface area contributed by atoms with Gasteiger partial charge in [0, 0.05) is 25.3 Å². The fourth-order valence-corrected chi connectivity index (χ4v) is 5.56. The molecule has 2 aromatic rings. The molecule has 12 heteroatoms. The molecule has 268 valence electrons. The molecule has 2 aromatic carbocycles. The van der Waals surface area contributed by atoms with Crippen molar-refractivity contribution in [2.45, 2.75) is 91.3 Å². The van der Waals surface area contributed by atoms with Crippen molar-refractivity contribution in [2.75, 3.05) is 13.7 Å². The van der Waals surface area contributed by atoms with Crippen LogP contribution in [-0.4, -0.2) is 72.0 Å². The van der Waals surface area contributed by atoms with Crippen LogP contribution in [0.3, 0.4) is 0 Å². The molecular weight excluding hydrogens is 652 g/mol. The zero-order valence-electron chi connectivity index (χ0n) is 29.0. The summed E-state index contributed by atoms with van der Waals surface area (Å²) in [6.45, 7) is 8.45. The Morgan fingerprint density at radius 1 is 1.00 bits per heavy atom. The van der Waals surface area contributed by atoms with Crippen LogP contribution in [0.5, 0.6) is 5.75 Å². The molecule has 1 heterocycles. The highest BCUT2D eigenvalue weighted by atomic mass is 35.5. The van der Waals surface area contributed by atoms with Crippen LogP contribution in [0.1, 0.15) is 64.2 Å². The lowest BCUT2D eigenvalue weighted by Gasteiger charge is -2.31. The lowest BCUT2D eigenvalue weighted by Crippen LogP contribution is -2.51. The Labute approximate surface area is 293 Å². The van der Waals surface area contributed by atoms with Gasteiger partial charge in [-0.05, 0) is 67.5 Å². The molecule has 0 saturated carbocycles. The van der Waals surface area contributed by atoms with Gasteiger partial charge in [-0.15, -0.1) is 0 Å². The Balaban J connectivity index is 1.93. The summed E-state index contributed by atoms with van der Waals surface area (Å²) in [5, 5.41) is 26.4. The number of cyclic esters (lactones) is 2. The SMILES string of the molecule is COc1ccc(CC2NC(=O)C=CCC(C(C)C(O)Cc3ccc(CO)cc3)OC(=O)C(CC(C)C)OC(=O)C(C)(C)CNC2=O)cc1Cl. The molecule has 4 N–H and O–H groups in total. The third-order valence-corrected chi connectivity index (χ3v) is 8.79. The van der Waals surface area contributed by atoms with E-state index in [0.29, 0.717) is 16.3 Å². The molecule has 3 rings (SSSR count). The summed E-state index contributed by atoms with van der Waals surface area (Å²) in [5.41, 5.74) is 0.986. The van der Waals surface area contributed by atoms with Crippen LogP contribution in [0.15, 0.2) is 54.6 Å². The number of nitrogens with one attached hydrogen (secondary N) is 2. The van der Waals surface area contributed by atoms with E-state index in [2.05, 4.69) is 10.6 Å². The Kier molecular flexibility index (Phi) is 14.7. The summed E-state index contributed by atoms with van der Waals surface area (Å²) >= 11 is 6.31. The van der Waals surface area contributed by atoms with Crippen LogP contribution in [0.25, 0.3) is 0 Å². The molecule has 11 nitrogen and oxygen atoms in total. The standard InChI is InChI=1S/C37H49ClN2O9/c1-22(2)16-32-35(45)48-30(23(3)29(42)19-24-10-12-25(20-41)13-11-24)8-7-9-33(43)40-28(18-26-14-15-31(47-6)27(38)17-26)34(44)39-21-37(4,5)36(46)49-32/h7,9-15,17,22-23,28-30,32,41-42H,8,16,18-21H2,1-6H3,(H,39,44)(H,40,43). The molecule has 2 amide bonds. The molecule has 0 saturated heterocycles. The van der Waals surface area contributed by atoms with Crippen molar-refractivity contribution in [2.24, 2.45) is 17.3 Å². The predicted molar refractivity (Wildman–Crippen MR) is 185 cm³/mol. The quantitative estimate of drug-likeness (QED) is 0.268. The lowest BCUT2D eigenvalue weighted by atomic mass is 9.90. The van der Waals surface area contributed by atoms with Crippen LogP contribution < -0.4 is 15.4 Å². The monoisotopic (exact) mass is 700 g/mol. The van der Waals surface area contributed by atoms with Crippen molar-refractivity contribution in [1.82, 2.24) is 10.6 Å². The van der Waals surface area contributed by atoms with Gasteiger partial charge in [-0.3, -0.25) is 14.4 Å². The summed E-state index contributed by atoms with van der Waals surface area (Å²) in [7, 11) is 1.49. The van der Waals surface area contributed by atoms with Crippen molar-refractivity contribution in [1.29, 1.82) is 0 Å². The molecule has 0 aromatic heterocycles. The van der Waals surface area contributed by atoms with Crippen molar-refractivity contribution >= 4 is 35.4 Å². The first-order valence-corrected chi connectivity index (χ1v) is 16.9. The number of esters is 2. The molecule has 49 heavy (non-hydrogen) atoms. The second-order valence-corrected chi connectivity index (χ2v) is 14.0. The van der Waals surface area contributed by atoms with Gasteiger partial charge >= 0.3 is 11.9 Å². The van der Waals surface area contributed by atoms with Crippen molar-refractivity contribution in [3.63, 3.8) is 0 Å². The minimum atomic E-state index is -1.24. The number of aliphatic hydroxyl groups is 2. The predicted octanol–water partition coefficient (Wildman–Crippen LogP) is 4.08. The van der Waals surface area contributed by atoms with E-state index >= 15 is 0 Å². The van der Waals surface area contributed by atoms with E-state index < -0.39 is 59.4 Å². The van der Waals surface area contributed by atoms with Gasteiger partial charge in [0.25, 0.3) is 0 Å². The number of ether oxygens (including phenoxy) is 3. The molecule has 1 aliphatic heterocycles. The highest BCUT2D eigenvalue weighted by Gasteiger charge is 2.37. The first-order chi connectivity index (χ1) is 23.1.